The second-order valence-electron chi connectivity index (χ2n) is 8.68. The Morgan fingerprint density at radius 2 is 1.66 bits per heavy atom. The highest BCUT2D eigenvalue weighted by Crippen LogP contribution is 2.30. The first-order valence-electron chi connectivity index (χ1n) is 11.3. The first-order chi connectivity index (χ1) is 15.7. The summed E-state index contributed by atoms with van der Waals surface area (Å²) in [5.41, 5.74) is 3.29. The van der Waals surface area contributed by atoms with E-state index in [0.29, 0.717) is 17.9 Å². The van der Waals surface area contributed by atoms with Crippen LogP contribution in [0.3, 0.4) is 0 Å². The topological polar surface area (TPSA) is 53.4 Å². The average Bonchev–Trinajstić information content (AvgIpc) is 3.66. The third-order valence-electron chi connectivity index (χ3n) is 6.29. The number of anilines is 2. The number of nitrogens with one attached hydrogen (secondary N) is 1. The molecule has 2 fully saturated rings. The SMILES string of the molecule is O=c1c(Cl)c(NCc2ccc(N3CCN(CC4CC4)CC3)cc2)cnn1-c1ccccc1. The van der Waals surface area contributed by atoms with Crippen LogP contribution in [0.4, 0.5) is 11.4 Å². The summed E-state index contributed by atoms with van der Waals surface area (Å²) in [5, 5.41) is 7.66. The number of rotatable bonds is 7. The molecule has 0 unspecified atom stereocenters. The van der Waals surface area contributed by atoms with Crippen molar-refractivity contribution in [3.05, 3.63) is 81.7 Å². The molecule has 1 N–H and O–H groups in total. The van der Waals surface area contributed by atoms with E-state index in [-0.39, 0.29) is 10.6 Å². The van der Waals surface area contributed by atoms with Gasteiger partial charge in [0.05, 0.1) is 17.6 Å². The molecule has 6 nitrogen and oxygen atoms in total. The molecule has 0 spiro atoms. The second kappa shape index (κ2) is 9.35. The van der Waals surface area contributed by atoms with Gasteiger partial charge in [0.15, 0.2) is 0 Å². The summed E-state index contributed by atoms with van der Waals surface area (Å²) in [5.74, 6) is 0.961. The first kappa shape index (κ1) is 21.0. The molecule has 0 amide bonds. The van der Waals surface area contributed by atoms with Crippen molar-refractivity contribution >= 4 is 23.0 Å². The van der Waals surface area contributed by atoms with Crippen LogP contribution in [-0.2, 0) is 6.54 Å². The van der Waals surface area contributed by atoms with Crippen molar-refractivity contribution < 1.29 is 0 Å². The highest BCUT2D eigenvalue weighted by Gasteiger charge is 2.26. The van der Waals surface area contributed by atoms with Gasteiger partial charge in [-0.15, -0.1) is 0 Å². The first-order valence-corrected chi connectivity index (χ1v) is 11.7. The molecule has 0 radical (unpaired) electrons. The van der Waals surface area contributed by atoms with Crippen molar-refractivity contribution in [2.24, 2.45) is 5.92 Å². The second-order valence-corrected chi connectivity index (χ2v) is 9.05. The van der Waals surface area contributed by atoms with Crippen LogP contribution in [0.5, 0.6) is 0 Å². The number of nitrogens with zero attached hydrogens (tertiary/aromatic N) is 4. The molecule has 32 heavy (non-hydrogen) atoms. The Kier molecular flexibility index (Phi) is 6.14. The fourth-order valence-electron chi connectivity index (χ4n) is 4.19. The third kappa shape index (κ3) is 4.81. The van der Waals surface area contributed by atoms with Crippen molar-refractivity contribution in [3.63, 3.8) is 0 Å². The zero-order valence-electron chi connectivity index (χ0n) is 18.1. The van der Waals surface area contributed by atoms with Crippen LogP contribution in [0.2, 0.25) is 5.02 Å². The molecule has 3 aromatic rings. The van der Waals surface area contributed by atoms with Gasteiger partial charge in [0.25, 0.3) is 5.56 Å². The van der Waals surface area contributed by atoms with Crippen LogP contribution in [-0.4, -0.2) is 47.4 Å². The highest BCUT2D eigenvalue weighted by atomic mass is 35.5. The molecule has 2 aromatic carbocycles. The number of benzene rings is 2. The Bertz CT molecular complexity index is 1100. The van der Waals surface area contributed by atoms with E-state index in [4.69, 9.17) is 11.6 Å². The predicted octanol–water partition coefficient (Wildman–Crippen LogP) is 4.03. The van der Waals surface area contributed by atoms with Crippen molar-refractivity contribution in [2.45, 2.75) is 19.4 Å². The van der Waals surface area contributed by atoms with E-state index in [0.717, 1.165) is 37.7 Å². The van der Waals surface area contributed by atoms with Gasteiger partial charge >= 0.3 is 0 Å². The summed E-state index contributed by atoms with van der Waals surface area (Å²) in [6, 6.07) is 17.9. The third-order valence-corrected chi connectivity index (χ3v) is 6.66. The van der Waals surface area contributed by atoms with Gasteiger partial charge < -0.3 is 10.2 Å². The Hall–Kier alpha value is -2.83. The Morgan fingerprint density at radius 3 is 2.34 bits per heavy atom. The van der Waals surface area contributed by atoms with E-state index in [1.54, 1.807) is 6.20 Å². The molecule has 0 bridgehead atoms. The number of hydrogen-bond donors (Lipinski definition) is 1. The number of halogens is 1. The van der Waals surface area contributed by atoms with Gasteiger partial charge in [0.1, 0.15) is 5.02 Å². The molecular formula is C25H28ClN5O. The largest absolute Gasteiger partial charge is 0.378 e. The number of para-hydroxylation sites is 1. The fourth-order valence-corrected chi connectivity index (χ4v) is 4.38. The van der Waals surface area contributed by atoms with Gasteiger partial charge in [0.2, 0.25) is 0 Å². The van der Waals surface area contributed by atoms with Gasteiger partial charge in [0, 0.05) is 45.0 Å². The van der Waals surface area contributed by atoms with Crippen LogP contribution in [0.15, 0.2) is 65.6 Å². The quantitative estimate of drug-likeness (QED) is 0.590. The predicted molar refractivity (Wildman–Crippen MR) is 130 cm³/mol. The minimum Gasteiger partial charge on any atom is -0.378 e. The summed E-state index contributed by atoms with van der Waals surface area (Å²) in [6.45, 7) is 6.34. The summed E-state index contributed by atoms with van der Waals surface area (Å²) >= 11 is 6.34. The van der Waals surface area contributed by atoms with E-state index in [9.17, 15) is 4.79 Å². The Balaban J connectivity index is 1.18. The lowest BCUT2D eigenvalue weighted by Crippen LogP contribution is -2.47. The minimum atomic E-state index is -0.334. The molecule has 0 atom stereocenters. The van der Waals surface area contributed by atoms with Crippen LogP contribution in [0, 0.1) is 5.92 Å². The van der Waals surface area contributed by atoms with Gasteiger partial charge in [-0.25, -0.2) is 0 Å². The van der Waals surface area contributed by atoms with Gasteiger partial charge in [-0.1, -0.05) is 41.9 Å². The van der Waals surface area contributed by atoms with Gasteiger partial charge in [-0.3, -0.25) is 9.69 Å². The van der Waals surface area contributed by atoms with Crippen molar-refractivity contribution in [3.8, 4) is 5.69 Å². The van der Waals surface area contributed by atoms with Crippen LogP contribution in [0.1, 0.15) is 18.4 Å². The monoisotopic (exact) mass is 449 g/mol. The van der Waals surface area contributed by atoms with E-state index < -0.39 is 0 Å². The number of aromatic nitrogens is 2. The van der Waals surface area contributed by atoms with Crippen molar-refractivity contribution in [2.75, 3.05) is 42.9 Å². The van der Waals surface area contributed by atoms with Gasteiger partial charge in [-0.2, -0.15) is 9.78 Å². The molecule has 1 saturated heterocycles. The molecule has 2 heterocycles. The van der Waals surface area contributed by atoms with E-state index in [1.165, 1.54) is 29.8 Å². The summed E-state index contributed by atoms with van der Waals surface area (Å²) in [6.07, 6.45) is 4.44. The molecule has 5 rings (SSSR count). The normalized spacial score (nSPS) is 16.8. The Morgan fingerprint density at radius 1 is 0.938 bits per heavy atom. The maximum absolute atomic E-state index is 12.6. The molecule has 1 saturated carbocycles. The van der Waals surface area contributed by atoms with Crippen molar-refractivity contribution in [1.82, 2.24) is 14.7 Å². The number of piperazine rings is 1. The molecular weight excluding hydrogens is 422 g/mol. The standard InChI is InChI=1S/C25H28ClN5O/c26-24-23(17-28-31(25(24)32)22-4-2-1-3-5-22)27-16-19-8-10-21(11-9-19)30-14-12-29(13-15-30)18-20-6-7-20/h1-5,8-11,17,20,27H,6-7,12-16,18H2. The molecule has 1 aliphatic carbocycles. The average molecular weight is 450 g/mol. The molecule has 1 aliphatic heterocycles. The van der Waals surface area contributed by atoms with Gasteiger partial charge in [-0.05, 0) is 48.6 Å². The van der Waals surface area contributed by atoms with Crippen molar-refractivity contribution in [1.29, 1.82) is 0 Å². The smallest absolute Gasteiger partial charge is 0.292 e. The molecule has 1 aromatic heterocycles. The maximum atomic E-state index is 12.6. The van der Waals surface area contributed by atoms with Crippen LogP contribution < -0.4 is 15.8 Å². The van der Waals surface area contributed by atoms with Crippen LogP contribution >= 0.6 is 11.6 Å². The molecule has 2 aliphatic rings. The lowest BCUT2D eigenvalue weighted by atomic mass is 10.1. The summed E-state index contributed by atoms with van der Waals surface area (Å²) in [7, 11) is 0. The fraction of sp³-hybridized carbons (Fsp3) is 0.360. The van der Waals surface area contributed by atoms with E-state index in [1.807, 2.05) is 30.3 Å². The lowest BCUT2D eigenvalue weighted by Gasteiger charge is -2.36. The van der Waals surface area contributed by atoms with E-state index in [2.05, 4.69) is 44.5 Å². The highest BCUT2D eigenvalue weighted by molar-refractivity contribution is 6.32. The summed E-state index contributed by atoms with van der Waals surface area (Å²) in [4.78, 5) is 17.7. The minimum absolute atomic E-state index is 0.143. The number of hydrogen-bond acceptors (Lipinski definition) is 5. The Labute approximate surface area is 193 Å². The molecule has 166 valence electrons. The summed E-state index contributed by atoms with van der Waals surface area (Å²) < 4.78 is 1.31. The van der Waals surface area contributed by atoms with Crippen LogP contribution in [0.25, 0.3) is 5.69 Å². The zero-order chi connectivity index (χ0) is 21.9. The lowest BCUT2D eigenvalue weighted by molar-refractivity contribution is 0.248. The molecule has 7 heteroatoms. The zero-order valence-corrected chi connectivity index (χ0v) is 18.8. The maximum Gasteiger partial charge on any atom is 0.292 e. The van der Waals surface area contributed by atoms with E-state index >= 15 is 0 Å².